The van der Waals surface area contributed by atoms with E-state index in [-0.39, 0.29) is 33.1 Å². The Morgan fingerprint density at radius 3 is 1.70 bits per heavy atom. The third-order valence-corrected chi connectivity index (χ3v) is 5.94. The van der Waals surface area contributed by atoms with Crippen LogP contribution in [-0.2, 0) is 10.1 Å². The average molecular weight is 519 g/mol. The smallest absolute Gasteiger partial charge is 0.339 e. The van der Waals surface area contributed by atoms with Gasteiger partial charge in [-0.1, -0.05) is 18.2 Å². The van der Waals surface area contributed by atoms with Crippen LogP contribution in [0.4, 0.5) is 22.7 Å². The number of carboxylic acids is 1. The van der Waals surface area contributed by atoms with Crippen LogP contribution in [0.15, 0.2) is 110 Å². The largest absolute Gasteiger partial charge is 0.508 e. The Bertz CT molecular complexity index is 1630. The molecule has 4 N–H and O–H groups in total. The summed E-state index contributed by atoms with van der Waals surface area (Å²) in [6, 6.07) is 20.2. The average Bonchev–Trinajstić information content (AvgIpc) is 2.87. The zero-order chi connectivity index (χ0) is 26.6. The van der Waals surface area contributed by atoms with Crippen LogP contribution in [0.25, 0.3) is 11.1 Å². The highest BCUT2D eigenvalue weighted by molar-refractivity contribution is 7.86. The fourth-order valence-corrected chi connectivity index (χ4v) is 3.97. The first kappa shape index (κ1) is 25.2. The maximum absolute atomic E-state index is 12.1. The van der Waals surface area contributed by atoms with E-state index in [1.165, 1.54) is 60.7 Å². The molecule has 0 spiro atoms. The second kappa shape index (κ2) is 10.4. The third-order valence-electron chi connectivity index (χ3n) is 5.04. The summed E-state index contributed by atoms with van der Waals surface area (Å²) < 4.78 is 34.0. The van der Waals surface area contributed by atoms with Gasteiger partial charge in [0.1, 0.15) is 22.0 Å². The van der Waals surface area contributed by atoms with Crippen LogP contribution in [0.5, 0.6) is 11.5 Å². The summed E-state index contributed by atoms with van der Waals surface area (Å²) in [6.45, 7) is 0. The molecule has 37 heavy (non-hydrogen) atoms. The lowest BCUT2D eigenvalue weighted by Crippen LogP contribution is -2.00. The van der Waals surface area contributed by atoms with Crippen molar-refractivity contribution < 1.29 is 33.1 Å². The number of carbonyl (C=O) groups is 1. The number of benzene rings is 4. The Balaban J connectivity index is 1.59. The van der Waals surface area contributed by atoms with E-state index >= 15 is 0 Å². The van der Waals surface area contributed by atoms with Gasteiger partial charge in [-0.2, -0.15) is 28.9 Å². The summed E-state index contributed by atoms with van der Waals surface area (Å²) in [7, 11) is -4.61. The molecule has 0 fully saturated rings. The lowest BCUT2D eigenvalue weighted by molar-refractivity contribution is 0.0693. The predicted molar refractivity (Wildman–Crippen MR) is 133 cm³/mol. The molecule has 0 heterocycles. The number of aromatic hydroxyl groups is 2. The van der Waals surface area contributed by atoms with Crippen LogP contribution in [-0.4, -0.2) is 34.3 Å². The first-order chi connectivity index (χ1) is 17.6. The van der Waals surface area contributed by atoms with E-state index in [2.05, 4.69) is 20.5 Å². The number of hydrogen-bond donors (Lipinski definition) is 4. The molecule has 0 aliphatic rings. The van der Waals surface area contributed by atoms with Gasteiger partial charge in [-0.3, -0.25) is 4.55 Å². The van der Waals surface area contributed by atoms with Crippen LogP contribution in [0.1, 0.15) is 10.4 Å². The second-order valence-corrected chi connectivity index (χ2v) is 9.02. The quantitative estimate of drug-likeness (QED) is 0.158. The van der Waals surface area contributed by atoms with Crippen molar-refractivity contribution in [2.75, 3.05) is 0 Å². The summed E-state index contributed by atoms with van der Waals surface area (Å²) in [5.74, 6) is -1.63. The van der Waals surface area contributed by atoms with Crippen LogP contribution >= 0.6 is 0 Å². The van der Waals surface area contributed by atoms with Gasteiger partial charge in [0.15, 0.2) is 0 Å². The Kier molecular flexibility index (Phi) is 7.04. The second-order valence-electron chi connectivity index (χ2n) is 7.63. The van der Waals surface area contributed by atoms with Crippen molar-refractivity contribution in [1.82, 2.24) is 0 Å². The number of hydrogen-bond acceptors (Lipinski definition) is 9. The first-order valence-corrected chi connectivity index (χ1v) is 11.9. The molecule has 0 aliphatic heterocycles. The fourth-order valence-electron chi connectivity index (χ4n) is 3.24. The molecule has 11 nitrogen and oxygen atoms in total. The van der Waals surface area contributed by atoms with Crippen molar-refractivity contribution in [2.45, 2.75) is 4.90 Å². The molecule has 0 saturated heterocycles. The number of rotatable bonds is 7. The van der Waals surface area contributed by atoms with Gasteiger partial charge in [0.2, 0.25) is 0 Å². The molecule has 0 radical (unpaired) electrons. The van der Waals surface area contributed by atoms with Gasteiger partial charge in [-0.15, -0.1) is 0 Å². The third kappa shape index (κ3) is 6.20. The summed E-state index contributed by atoms with van der Waals surface area (Å²) in [5, 5.41) is 44.0. The molecule has 0 bridgehead atoms. The van der Waals surface area contributed by atoms with Gasteiger partial charge in [-0.05, 0) is 72.3 Å². The number of aromatic carboxylic acids is 1. The van der Waals surface area contributed by atoms with E-state index in [4.69, 9.17) is 5.11 Å². The number of nitrogens with zero attached hydrogens (tertiary/aromatic N) is 4. The van der Waals surface area contributed by atoms with Crippen LogP contribution in [0.3, 0.4) is 0 Å². The molecule has 0 amide bonds. The number of phenols is 2. The van der Waals surface area contributed by atoms with E-state index in [0.717, 1.165) is 0 Å². The SMILES string of the molecule is O=C(O)c1cc(/N=N/c2ccc(-c3ccc(/N=N/c4ccc(O)cc4)cc3S(=O)(=O)O)cc2)ccc1O. The van der Waals surface area contributed by atoms with E-state index in [0.29, 0.717) is 16.9 Å². The minimum absolute atomic E-state index is 0.0668. The molecular formula is C25H18N4O7S. The Morgan fingerprint density at radius 1 is 0.649 bits per heavy atom. The molecule has 12 heteroatoms. The molecule has 186 valence electrons. The highest BCUT2D eigenvalue weighted by Crippen LogP contribution is 2.33. The minimum atomic E-state index is -4.61. The normalized spacial score (nSPS) is 11.8. The monoisotopic (exact) mass is 518 g/mol. The Labute approximate surface area is 210 Å². The van der Waals surface area contributed by atoms with Gasteiger partial charge in [0, 0.05) is 5.56 Å². The first-order valence-electron chi connectivity index (χ1n) is 10.5. The topological polar surface area (TPSA) is 182 Å². The van der Waals surface area contributed by atoms with Gasteiger partial charge in [0.25, 0.3) is 10.1 Å². The number of azo groups is 2. The van der Waals surface area contributed by atoms with Crippen molar-refractivity contribution >= 4 is 38.8 Å². The summed E-state index contributed by atoms with van der Waals surface area (Å²) in [4.78, 5) is 10.8. The molecule has 0 unspecified atom stereocenters. The molecule has 0 aliphatic carbocycles. The summed E-state index contributed by atoms with van der Waals surface area (Å²) in [5.41, 5.74) is 1.60. The lowest BCUT2D eigenvalue weighted by atomic mass is 10.0. The van der Waals surface area contributed by atoms with Crippen molar-refractivity contribution in [2.24, 2.45) is 20.5 Å². The minimum Gasteiger partial charge on any atom is -0.508 e. The van der Waals surface area contributed by atoms with Crippen molar-refractivity contribution in [1.29, 1.82) is 0 Å². The van der Waals surface area contributed by atoms with Gasteiger partial charge in [-0.25, -0.2) is 4.79 Å². The van der Waals surface area contributed by atoms with Crippen molar-refractivity contribution in [3.05, 3.63) is 90.5 Å². The van der Waals surface area contributed by atoms with E-state index in [9.17, 15) is 28.0 Å². The number of phenolic OH excluding ortho intramolecular Hbond substituents is 1. The molecule has 4 aromatic carbocycles. The molecule has 0 saturated carbocycles. The lowest BCUT2D eigenvalue weighted by Gasteiger charge is -2.08. The Hall–Kier alpha value is -4.94. The van der Waals surface area contributed by atoms with Gasteiger partial charge in [0.05, 0.1) is 22.7 Å². The number of carboxylic acid groups (broad SMARTS) is 1. The van der Waals surface area contributed by atoms with Crippen molar-refractivity contribution in [3.8, 4) is 22.6 Å². The highest BCUT2D eigenvalue weighted by atomic mass is 32.2. The molecular weight excluding hydrogens is 500 g/mol. The highest BCUT2D eigenvalue weighted by Gasteiger charge is 2.18. The standard InChI is InChI=1S/C25H18N4O7S/c30-20-9-5-17(6-10-20)27-29-19-7-11-21(24(14-19)37(34,35)36)15-1-3-16(4-2-15)26-28-18-8-12-23(31)22(13-18)25(32)33/h1-14,30-31H,(H,32,33)(H,34,35,36)/b28-26+,29-27+. The van der Waals surface area contributed by atoms with Crippen molar-refractivity contribution in [3.63, 3.8) is 0 Å². The zero-order valence-corrected chi connectivity index (χ0v) is 19.6. The maximum Gasteiger partial charge on any atom is 0.339 e. The molecule has 4 aromatic rings. The van der Waals surface area contributed by atoms with Crippen LogP contribution < -0.4 is 0 Å². The van der Waals surface area contributed by atoms with E-state index in [1.807, 2.05) is 0 Å². The van der Waals surface area contributed by atoms with E-state index in [1.54, 1.807) is 24.3 Å². The Morgan fingerprint density at radius 2 is 1.14 bits per heavy atom. The fraction of sp³-hybridized carbons (Fsp3) is 0. The van der Waals surface area contributed by atoms with Crippen LogP contribution in [0.2, 0.25) is 0 Å². The summed E-state index contributed by atoms with van der Waals surface area (Å²) in [6.07, 6.45) is 0. The molecule has 4 rings (SSSR count). The van der Waals surface area contributed by atoms with Crippen LogP contribution in [0, 0.1) is 0 Å². The molecule has 0 atom stereocenters. The van der Waals surface area contributed by atoms with Gasteiger partial charge < -0.3 is 15.3 Å². The van der Waals surface area contributed by atoms with E-state index < -0.39 is 21.8 Å². The molecule has 0 aromatic heterocycles. The summed E-state index contributed by atoms with van der Waals surface area (Å²) >= 11 is 0. The predicted octanol–water partition coefficient (Wildman–Crippen LogP) is 6.54. The van der Waals surface area contributed by atoms with Gasteiger partial charge >= 0.3 is 5.97 Å². The zero-order valence-electron chi connectivity index (χ0n) is 18.8. The maximum atomic E-state index is 12.1.